The average Bonchev–Trinajstić information content (AvgIpc) is 3.73. The molecule has 0 radical (unpaired) electrons. The molecule has 0 amide bonds. The first-order valence-electron chi connectivity index (χ1n) is 13.1. The highest BCUT2D eigenvalue weighted by Gasteiger charge is 2.58. The first kappa shape index (κ1) is 25.0. The SMILES string of the molecule is Cc1ccc(-c2cn(-c3nc(NC4CCOC4)c4ncn([C@@H]5O[C@H](C(=O)O)[C@H]6OC(C)(C)O[C@H]65)c4n3)nn2)cc1. The van der Waals surface area contributed by atoms with Crippen LogP contribution in [-0.2, 0) is 23.7 Å². The lowest BCUT2D eigenvalue weighted by molar-refractivity contribution is -0.202. The van der Waals surface area contributed by atoms with E-state index in [1.54, 1.807) is 30.9 Å². The molecule has 3 fully saturated rings. The van der Waals surface area contributed by atoms with E-state index < -0.39 is 36.3 Å². The van der Waals surface area contributed by atoms with Crippen molar-refractivity contribution in [2.75, 3.05) is 18.5 Å². The Balaban J connectivity index is 1.32. The second kappa shape index (κ2) is 9.30. The fourth-order valence-electron chi connectivity index (χ4n) is 5.35. The number of carbonyl (C=O) groups is 1. The Bertz CT molecular complexity index is 1580. The molecule has 208 valence electrons. The molecule has 14 nitrogen and oxygen atoms in total. The Kier molecular flexibility index (Phi) is 5.82. The largest absolute Gasteiger partial charge is 0.479 e. The Morgan fingerprint density at radius 1 is 1.15 bits per heavy atom. The van der Waals surface area contributed by atoms with Gasteiger partial charge < -0.3 is 29.4 Å². The number of benzene rings is 1. The predicted molar refractivity (Wildman–Crippen MR) is 139 cm³/mol. The Hall–Kier alpha value is -3.98. The summed E-state index contributed by atoms with van der Waals surface area (Å²) in [5.74, 6) is -1.35. The molecule has 7 rings (SSSR count). The number of carboxylic acid groups (broad SMARTS) is 1. The third-order valence-electron chi connectivity index (χ3n) is 7.27. The van der Waals surface area contributed by atoms with E-state index in [2.05, 4.69) is 20.6 Å². The molecule has 0 spiro atoms. The van der Waals surface area contributed by atoms with Gasteiger partial charge in [0, 0.05) is 12.2 Å². The predicted octanol–water partition coefficient (Wildman–Crippen LogP) is 2.09. The summed E-state index contributed by atoms with van der Waals surface area (Å²) < 4.78 is 26.7. The van der Waals surface area contributed by atoms with Gasteiger partial charge in [0.1, 0.15) is 17.9 Å². The molecule has 3 aromatic heterocycles. The molecular weight excluding hydrogens is 520 g/mol. The quantitative estimate of drug-likeness (QED) is 0.362. The number of ether oxygens (including phenoxy) is 4. The van der Waals surface area contributed by atoms with E-state index in [1.807, 2.05) is 31.2 Å². The molecule has 4 aromatic rings. The van der Waals surface area contributed by atoms with Gasteiger partial charge in [-0.1, -0.05) is 35.0 Å². The van der Waals surface area contributed by atoms with Gasteiger partial charge in [-0.15, -0.1) is 5.10 Å². The van der Waals surface area contributed by atoms with E-state index in [1.165, 1.54) is 4.68 Å². The molecule has 1 aromatic carbocycles. The summed E-state index contributed by atoms with van der Waals surface area (Å²) >= 11 is 0. The minimum Gasteiger partial charge on any atom is -0.479 e. The number of nitrogens with zero attached hydrogens (tertiary/aromatic N) is 7. The molecule has 6 heterocycles. The maximum atomic E-state index is 12.0. The van der Waals surface area contributed by atoms with Crippen LogP contribution in [0.15, 0.2) is 36.8 Å². The third kappa shape index (κ3) is 4.29. The van der Waals surface area contributed by atoms with Gasteiger partial charge in [0.2, 0.25) is 0 Å². The lowest BCUT2D eigenvalue weighted by atomic mass is 10.1. The van der Waals surface area contributed by atoms with Gasteiger partial charge in [-0.25, -0.2) is 9.78 Å². The van der Waals surface area contributed by atoms with E-state index in [0.29, 0.717) is 35.9 Å². The van der Waals surface area contributed by atoms with Crippen LogP contribution in [-0.4, -0.2) is 88.9 Å². The monoisotopic (exact) mass is 548 g/mol. The van der Waals surface area contributed by atoms with Crippen LogP contribution in [0.4, 0.5) is 5.82 Å². The van der Waals surface area contributed by atoms with Gasteiger partial charge in [0.25, 0.3) is 5.95 Å². The maximum Gasteiger partial charge on any atom is 0.335 e. The molecule has 2 N–H and O–H groups in total. The highest BCUT2D eigenvalue weighted by atomic mass is 16.8. The van der Waals surface area contributed by atoms with E-state index in [9.17, 15) is 9.90 Å². The molecule has 3 aliphatic heterocycles. The summed E-state index contributed by atoms with van der Waals surface area (Å²) in [5.41, 5.74) is 3.64. The normalized spacial score (nSPS) is 27.3. The summed E-state index contributed by atoms with van der Waals surface area (Å²) in [4.78, 5) is 26.1. The van der Waals surface area contributed by atoms with Gasteiger partial charge in [0.05, 0.1) is 25.2 Å². The Morgan fingerprint density at radius 3 is 2.70 bits per heavy atom. The number of fused-ring (bicyclic) bond motifs is 2. The number of imidazole rings is 1. The van der Waals surface area contributed by atoms with Gasteiger partial charge in [0.15, 0.2) is 35.1 Å². The number of hydrogen-bond donors (Lipinski definition) is 2. The third-order valence-corrected chi connectivity index (χ3v) is 7.27. The van der Waals surface area contributed by atoms with E-state index in [4.69, 9.17) is 28.9 Å². The van der Waals surface area contributed by atoms with Gasteiger partial charge in [-0.3, -0.25) is 4.57 Å². The lowest BCUT2D eigenvalue weighted by Gasteiger charge is -2.23. The zero-order valence-corrected chi connectivity index (χ0v) is 22.1. The molecule has 3 saturated heterocycles. The van der Waals surface area contributed by atoms with Crippen LogP contribution in [0.1, 0.15) is 32.1 Å². The lowest BCUT2D eigenvalue weighted by Crippen LogP contribution is -2.35. The van der Waals surface area contributed by atoms with Crippen molar-refractivity contribution in [1.82, 2.24) is 34.5 Å². The van der Waals surface area contributed by atoms with Crippen molar-refractivity contribution in [1.29, 1.82) is 0 Å². The van der Waals surface area contributed by atoms with E-state index in [0.717, 1.165) is 17.5 Å². The van der Waals surface area contributed by atoms with Gasteiger partial charge >= 0.3 is 5.97 Å². The molecule has 1 unspecified atom stereocenters. The summed E-state index contributed by atoms with van der Waals surface area (Å²) in [5, 5.41) is 21.9. The second-order valence-electron chi connectivity index (χ2n) is 10.7. The molecule has 3 aliphatic rings. The fourth-order valence-corrected chi connectivity index (χ4v) is 5.35. The van der Waals surface area contributed by atoms with Gasteiger partial charge in [-0.05, 0) is 27.2 Å². The first-order valence-corrected chi connectivity index (χ1v) is 13.1. The molecule has 14 heteroatoms. The molecule has 40 heavy (non-hydrogen) atoms. The minimum absolute atomic E-state index is 0.0471. The smallest absolute Gasteiger partial charge is 0.335 e. The zero-order valence-electron chi connectivity index (χ0n) is 22.1. The number of carboxylic acids is 1. The summed E-state index contributed by atoms with van der Waals surface area (Å²) in [6.07, 6.45) is 0.590. The second-order valence-corrected chi connectivity index (χ2v) is 10.7. The number of anilines is 1. The summed E-state index contributed by atoms with van der Waals surface area (Å²) in [6.45, 7) is 6.71. The zero-order chi connectivity index (χ0) is 27.6. The van der Waals surface area contributed by atoms with E-state index in [-0.39, 0.29) is 12.0 Å². The van der Waals surface area contributed by atoms with Crippen molar-refractivity contribution in [2.24, 2.45) is 0 Å². The summed E-state index contributed by atoms with van der Waals surface area (Å²) in [6, 6.07) is 8.03. The maximum absolute atomic E-state index is 12.0. The van der Waals surface area contributed by atoms with Crippen LogP contribution in [0.25, 0.3) is 28.4 Å². The number of aryl methyl sites for hydroxylation is 1. The van der Waals surface area contributed by atoms with Crippen LogP contribution in [0.5, 0.6) is 0 Å². The Morgan fingerprint density at radius 2 is 1.95 bits per heavy atom. The number of hydrogen-bond acceptors (Lipinski definition) is 11. The van der Waals surface area contributed by atoms with Gasteiger partial charge in [-0.2, -0.15) is 14.6 Å². The average molecular weight is 549 g/mol. The van der Waals surface area contributed by atoms with Crippen LogP contribution in [0.2, 0.25) is 0 Å². The molecule has 0 aliphatic carbocycles. The summed E-state index contributed by atoms with van der Waals surface area (Å²) in [7, 11) is 0. The van der Waals surface area contributed by atoms with Crippen molar-refractivity contribution in [3.8, 4) is 17.2 Å². The van der Waals surface area contributed by atoms with Crippen LogP contribution in [0, 0.1) is 6.92 Å². The first-order chi connectivity index (χ1) is 19.3. The van der Waals surface area contributed by atoms with Crippen LogP contribution >= 0.6 is 0 Å². The van der Waals surface area contributed by atoms with Crippen molar-refractivity contribution in [3.05, 3.63) is 42.4 Å². The highest BCUT2D eigenvalue weighted by molar-refractivity contribution is 5.84. The van der Waals surface area contributed by atoms with Crippen LogP contribution < -0.4 is 5.32 Å². The minimum atomic E-state index is -1.21. The topological polar surface area (TPSA) is 161 Å². The molecular formula is C26H28N8O6. The molecule has 0 saturated carbocycles. The fraction of sp³-hybridized carbons (Fsp3) is 0.462. The highest BCUT2D eigenvalue weighted by Crippen LogP contribution is 2.44. The molecule has 0 bridgehead atoms. The van der Waals surface area contributed by atoms with Crippen molar-refractivity contribution in [3.63, 3.8) is 0 Å². The number of nitrogens with one attached hydrogen (secondary N) is 1. The molecule has 5 atom stereocenters. The number of aliphatic carboxylic acids is 1. The van der Waals surface area contributed by atoms with Crippen molar-refractivity contribution < 1.29 is 28.8 Å². The standard InChI is InChI=1S/C26H28N8O6/c1-13-4-6-14(7-5-13)16-10-34(32-31-16)25-29-21(28-15-8-9-37-11-15)17-22(30-25)33(12-27-17)23-19-18(20(38-23)24(35)36)39-26(2,3)40-19/h4-7,10,12,15,18-20,23H,8-9,11H2,1-3H3,(H,35,36)(H,28,29,30)/t15?,18-,19+,20-,23+/m0/s1. The Labute approximate surface area is 228 Å². The van der Waals surface area contributed by atoms with Crippen molar-refractivity contribution in [2.45, 2.75) is 63.6 Å². The number of aromatic nitrogens is 7. The number of rotatable bonds is 6. The van der Waals surface area contributed by atoms with Crippen LogP contribution in [0.3, 0.4) is 0 Å². The van der Waals surface area contributed by atoms with E-state index >= 15 is 0 Å². The van der Waals surface area contributed by atoms with Crippen molar-refractivity contribution >= 4 is 23.0 Å².